The number of piperazine rings is 1. The maximum atomic E-state index is 12.2. The van der Waals surface area contributed by atoms with Gasteiger partial charge in [0, 0.05) is 38.1 Å². The van der Waals surface area contributed by atoms with Gasteiger partial charge >= 0.3 is 0 Å². The van der Waals surface area contributed by atoms with E-state index in [1.54, 1.807) is 0 Å². The van der Waals surface area contributed by atoms with Crippen molar-refractivity contribution in [3.63, 3.8) is 0 Å². The van der Waals surface area contributed by atoms with Crippen LogP contribution < -0.4 is 5.32 Å². The van der Waals surface area contributed by atoms with Crippen LogP contribution in [0.15, 0.2) is 0 Å². The second-order valence-electron chi connectivity index (χ2n) is 3.82. The summed E-state index contributed by atoms with van der Waals surface area (Å²) in [6.45, 7) is 6.61. The van der Waals surface area contributed by atoms with Gasteiger partial charge in [0.15, 0.2) is 0 Å². The molecule has 1 fully saturated rings. The molecule has 1 atom stereocenters. The molecule has 0 aromatic rings. The van der Waals surface area contributed by atoms with Gasteiger partial charge in [0.05, 0.1) is 0 Å². The van der Waals surface area contributed by atoms with Gasteiger partial charge in [0.2, 0.25) is 6.43 Å². The van der Waals surface area contributed by atoms with Crippen LogP contribution in [0.2, 0.25) is 0 Å². The Labute approximate surface area is 78.3 Å². The molecule has 0 aromatic carbocycles. The number of halogens is 2. The molecule has 1 aliphatic heterocycles. The van der Waals surface area contributed by atoms with Gasteiger partial charge in [0.1, 0.15) is 0 Å². The Balaban J connectivity index is 2.46. The van der Waals surface area contributed by atoms with E-state index in [1.165, 1.54) is 0 Å². The summed E-state index contributed by atoms with van der Waals surface area (Å²) in [5.41, 5.74) is 0. The molecule has 4 heteroatoms. The fourth-order valence-corrected chi connectivity index (χ4v) is 1.88. The van der Waals surface area contributed by atoms with E-state index < -0.39 is 6.43 Å². The van der Waals surface area contributed by atoms with Crippen molar-refractivity contribution >= 4 is 0 Å². The summed E-state index contributed by atoms with van der Waals surface area (Å²) < 4.78 is 24.4. The lowest BCUT2D eigenvalue weighted by Gasteiger charge is -2.38. The molecule has 0 bridgehead atoms. The Kier molecular flexibility index (Phi) is 4.06. The highest BCUT2D eigenvalue weighted by Crippen LogP contribution is 2.15. The number of rotatable bonds is 3. The van der Waals surface area contributed by atoms with Crippen molar-refractivity contribution in [3.05, 3.63) is 0 Å². The van der Waals surface area contributed by atoms with Crippen molar-refractivity contribution in [3.8, 4) is 0 Å². The minimum Gasteiger partial charge on any atom is -0.314 e. The van der Waals surface area contributed by atoms with E-state index in [0.717, 1.165) is 13.1 Å². The zero-order valence-electron chi connectivity index (χ0n) is 8.26. The lowest BCUT2D eigenvalue weighted by molar-refractivity contribution is 0.0529. The Hall–Kier alpha value is -0.220. The summed E-state index contributed by atoms with van der Waals surface area (Å²) >= 11 is 0. The van der Waals surface area contributed by atoms with Crippen molar-refractivity contribution in [1.82, 2.24) is 10.2 Å². The van der Waals surface area contributed by atoms with Crippen LogP contribution in [0.4, 0.5) is 8.78 Å². The van der Waals surface area contributed by atoms with E-state index in [1.807, 2.05) is 0 Å². The first-order chi connectivity index (χ1) is 6.11. The summed E-state index contributed by atoms with van der Waals surface area (Å²) in [5.74, 6) is 0. The van der Waals surface area contributed by atoms with Gasteiger partial charge in [-0.2, -0.15) is 0 Å². The van der Waals surface area contributed by atoms with E-state index in [4.69, 9.17) is 0 Å². The lowest BCUT2D eigenvalue weighted by Crippen LogP contribution is -2.54. The fourth-order valence-electron chi connectivity index (χ4n) is 1.88. The quantitative estimate of drug-likeness (QED) is 0.725. The van der Waals surface area contributed by atoms with Crippen molar-refractivity contribution in [1.29, 1.82) is 0 Å². The highest BCUT2D eigenvalue weighted by Gasteiger charge is 2.26. The van der Waals surface area contributed by atoms with E-state index in [9.17, 15) is 8.78 Å². The van der Waals surface area contributed by atoms with Crippen LogP contribution in [0.5, 0.6) is 0 Å². The lowest BCUT2D eigenvalue weighted by atomic mass is 10.1. The minimum absolute atomic E-state index is 0.00810. The molecular weight excluding hydrogens is 174 g/mol. The molecule has 1 saturated heterocycles. The number of hydrogen-bond acceptors (Lipinski definition) is 2. The number of nitrogens with one attached hydrogen (secondary N) is 1. The van der Waals surface area contributed by atoms with Crippen LogP contribution in [0.3, 0.4) is 0 Å². The topological polar surface area (TPSA) is 15.3 Å². The van der Waals surface area contributed by atoms with Crippen LogP contribution in [0, 0.1) is 0 Å². The van der Waals surface area contributed by atoms with Gasteiger partial charge in [-0.05, 0) is 13.8 Å². The van der Waals surface area contributed by atoms with E-state index >= 15 is 0 Å². The molecule has 1 N–H and O–H groups in total. The molecule has 0 radical (unpaired) electrons. The summed E-state index contributed by atoms with van der Waals surface area (Å²) in [6, 6.07) is 0.375. The largest absolute Gasteiger partial charge is 0.314 e. The molecule has 1 aliphatic rings. The maximum absolute atomic E-state index is 12.2. The first-order valence-electron chi connectivity index (χ1n) is 4.86. The number of alkyl halides is 2. The summed E-state index contributed by atoms with van der Waals surface area (Å²) in [6.07, 6.45) is -2.20. The summed E-state index contributed by atoms with van der Waals surface area (Å²) in [5, 5.41) is 3.15. The molecule has 0 spiro atoms. The predicted molar refractivity (Wildman–Crippen MR) is 49.1 cm³/mol. The second kappa shape index (κ2) is 4.86. The highest BCUT2D eigenvalue weighted by molar-refractivity contribution is 4.82. The van der Waals surface area contributed by atoms with Crippen LogP contribution in [0.1, 0.15) is 20.3 Å². The van der Waals surface area contributed by atoms with Crippen LogP contribution in [-0.2, 0) is 0 Å². The molecule has 78 valence electrons. The van der Waals surface area contributed by atoms with Gasteiger partial charge in [-0.3, -0.25) is 4.90 Å². The standard InChI is InChI=1S/C9H18F2N2/c1-7(2)13-4-3-12-6-8(13)5-9(10)11/h7-9,12H,3-6H2,1-2H3. The maximum Gasteiger partial charge on any atom is 0.240 e. The Morgan fingerprint density at radius 2 is 2.15 bits per heavy atom. The van der Waals surface area contributed by atoms with Gasteiger partial charge in [-0.1, -0.05) is 0 Å². The molecular formula is C9H18F2N2. The molecule has 0 saturated carbocycles. The van der Waals surface area contributed by atoms with Crippen molar-refractivity contribution in [2.45, 2.75) is 38.8 Å². The SMILES string of the molecule is CC(C)N1CCNCC1CC(F)F. The normalized spacial score (nSPS) is 25.8. The van der Waals surface area contributed by atoms with E-state index in [-0.39, 0.29) is 12.5 Å². The van der Waals surface area contributed by atoms with Crippen molar-refractivity contribution < 1.29 is 8.78 Å². The smallest absolute Gasteiger partial charge is 0.240 e. The fraction of sp³-hybridized carbons (Fsp3) is 1.00. The minimum atomic E-state index is -2.19. The molecule has 0 aliphatic carbocycles. The van der Waals surface area contributed by atoms with Gasteiger partial charge in [-0.15, -0.1) is 0 Å². The average Bonchev–Trinajstić information content (AvgIpc) is 2.03. The molecule has 1 heterocycles. The molecule has 2 nitrogen and oxygen atoms in total. The monoisotopic (exact) mass is 192 g/mol. The number of hydrogen-bond donors (Lipinski definition) is 1. The van der Waals surface area contributed by atoms with Gasteiger partial charge in [-0.25, -0.2) is 8.78 Å². The zero-order valence-corrected chi connectivity index (χ0v) is 8.26. The van der Waals surface area contributed by atoms with Crippen LogP contribution in [0.25, 0.3) is 0 Å². The predicted octanol–water partition coefficient (Wildman–Crippen LogP) is 1.32. The first-order valence-corrected chi connectivity index (χ1v) is 4.86. The van der Waals surface area contributed by atoms with Crippen LogP contribution >= 0.6 is 0 Å². The Morgan fingerprint density at radius 1 is 1.46 bits per heavy atom. The van der Waals surface area contributed by atoms with Crippen molar-refractivity contribution in [2.75, 3.05) is 19.6 Å². The third-order valence-electron chi connectivity index (χ3n) is 2.51. The van der Waals surface area contributed by atoms with Gasteiger partial charge in [0.25, 0.3) is 0 Å². The Morgan fingerprint density at radius 3 is 2.69 bits per heavy atom. The first kappa shape index (κ1) is 10.9. The Bertz CT molecular complexity index is 151. The zero-order chi connectivity index (χ0) is 9.84. The second-order valence-corrected chi connectivity index (χ2v) is 3.82. The van der Waals surface area contributed by atoms with E-state index in [0.29, 0.717) is 12.6 Å². The highest BCUT2D eigenvalue weighted by atomic mass is 19.3. The molecule has 0 amide bonds. The molecule has 1 unspecified atom stereocenters. The van der Waals surface area contributed by atoms with Gasteiger partial charge < -0.3 is 5.32 Å². The van der Waals surface area contributed by atoms with E-state index in [2.05, 4.69) is 24.1 Å². The molecule has 13 heavy (non-hydrogen) atoms. The third-order valence-corrected chi connectivity index (χ3v) is 2.51. The summed E-state index contributed by atoms with van der Waals surface area (Å²) in [7, 11) is 0. The van der Waals surface area contributed by atoms with Crippen molar-refractivity contribution in [2.24, 2.45) is 0 Å². The molecule has 1 rings (SSSR count). The summed E-state index contributed by atoms with van der Waals surface area (Å²) in [4.78, 5) is 2.16. The number of nitrogens with zero attached hydrogens (tertiary/aromatic N) is 1. The average molecular weight is 192 g/mol. The van der Waals surface area contributed by atoms with Crippen LogP contribution in [-0.4, -0.2) is 43.0 Å². The third kappa shape index (κ3) is 3.19. The molecule has 0 aromatic heterocycles.